The fraction of sp³-hybridized carbons (Fsp3) is 0.600. The van der Waals surface area contributed by atoms with Gasteiger partial charge in [0.25, 0.3) is 0 Å². The van der Waals surface area contributed by atoms with E-state index in [2.05, 4.69) is 19.1 Å². The molecule has 0 aliphatic heterocycles. The van der Waals surface area contributed by atoms with Gasteiger partial charge in [0.2, 0.25) is 0 Å². The van der Waals surface area contributed by atoms with Crippen molar-refractivity contribution in [1.82, 2.24) is 0 Å². The number of aliphatic hydroxyl groups excluding tert-OH is 1. The summed E-state index contributed by atoms with van der Waals surface area (Å²) in [5.41, 5.74) is 0. The van der Waals surface area contributed by atoms with E-state index >= 15 is 0 Å². The number of unbranched alkanes of at least 4 members (excludes halogenated alkanes) is 2. The second-order valence-corrected chi connectivity index (χ2v) is 4.32. The minimum Gasteiger partial charge on any atom is -0.393 e. The number of carbonyl (C=O) groups is 1. The van der Waals surface area contributed by atoms with Crippen LogP contribution in [0, 0.1) is 12.8 Å². The van der Waals surface area contributed by atoms with Crippen LogP contribution in [0.3, 0.4) is 0 Å². The van der Waals surface area contributed by atoms with Gasteiger partial charge in [-0.2, -0.15) is 0 Å². The smallest absolute Gasteiger partial charge is 0.120 e. The number of hydrogen-bond donors (Lipinski definition) is 1. The summed E-state index contributed by atoms with van der Waals surface area (Å²) in [6, 6.07) is 0. The average molecular weight is 421 g/mol. The molecule has 1 aliphatic rings. The van der Waals surface area contributed by atoms with Crippen molar-refractivity contribution >= 4 is 6.29 Å². The SMILES string of the molecule is C/C=C\CCCC=O.[CH2-]/C=C/[C@H]1CC[C@H](O)C1.[W]. The first-order valence-corrected chi connectivity index (χ1v) is 6.43. The molecule has 0 unspecified atom stereocenters. The van der Waals surface area contributed by atoms with Crippen LogP contribution in [0.4, 0.5) is 0 Å². The Morgan fingerprint density at radius 1 is 1.33 bits per heavy atom. The largest absolute Gasteiger partial charge is 0.393 e. The topological polar surface area (TPSA) is 37.3 Å². The third-order valence-electron chi connectivity index (χ3n) is 2.78. The summed E-state index contributed by atoms with van der Waals surface area (Å²) in [5.74, 6) is 0.595. The van der Waals surface area contributed by atoms with E-state index in [1.807, 2.05) is 19.1 Å². The van der Waals surface area contributed by atoms with Crippen LogP contribution in [-0.2, 0) is 25.9 Å². The van der Waals surface area contributed by atoms with Crippen molar-refractivity contribution in [2.24, 2.45) is 5.92 Å². The summed E-state index contributed by atoms with van der Waals surface area (Å²) in [5, 5.41) is 9.07. The van der Waals surface area contributed by atoms with Crippen LogP contribution in [0.5, 0.6) is 0 Å². The van der Waals surface area contributed by atoms with Crippen LogP contribution in [0.1, 0.15) is 45.4 Å². The van der Waals surface area contributed by atoms with Crippen LogP contribution in [0.25, 0.3) is 0 Å². The number of hydrogen-bond acceptors (Lipinski definition) is 2. The van der Waals surface area contributed by atoms with E-state index in [1.54, 1.807) is 0 Å². The van der Waals surface area contributed by atoms with Crippen LogP contribution in [-0.4, -0.2) is 17.5 Å². The summed E-state index contributed by atoms with van der Waals surface area (Å²) in [4.78, 5) is 9.74. The zero-order chi connectivity index (χ0) is 12.9. The molecule has 0 amide bonds. The van der Waals surface area contributed by atoms with Gasteiger partial charge in [0.15, 0.2) is 0 Å². The van der Waals surface area contributed by atoms with Crippen LogP contribution < -0.4 is 0 Å². The summed E-state index contributed by atoms with van der Waals surface area (Å²) in [7, 11) is 0. The van der Waals surface area contributed by atoms with Gasteiger partial charge in [0.1, 0.15) is 6.29 Å². The van der Waals surface area contributed by atoms with Gasteiger partial charge in [0.05, 0.1) is 6.10 Å². The fourth-order valence-corrected chi connectivity index (χ4v) is 1.84. The molecule has 1 saturated carbocycles. The first kappa shape index (κ1) is 20.0. The summed E-state index contributed by atoms with van der Waals surface area (Å²) in [6.45, 7) is 5.60. The molecule has 18 heavy (non-hydrogen) atoms. The van der Waals surface area contributed by atoms with Crippen molar-refractivity contribution in [2.75, 3.05) is 0 Å². The van der Waals surface area contributed by atoms with E-state index in [9.17, 15) is 4.79 Å². The molecular weight excluding hydrogens is 396 g/mol. The Bertz CT molecular complexity index is 237. The predicted molar refractivity (Wildman–Crippen MR) is 72.6 cm³/mol. The van der Waals surface area contributed by atoms with E-state index in [4.69, 9.17) is 5.11 Å². The molecule has 0 radical (unpaired) electrons. The van der Waals surface area contributed by atoms with Gasteiger partial charge in [-0.25, -0.2) is 19.1 Å². The van der Waals surface area contributed by atoms with Gasteiger partial charge < -0.3 is 9.90 Å². The van der Waals surface area contributed by atoms with Crippen molar-refractivity contribution in [2.45, 2.75) is 51.6 Å². The molecule has 0 aromatic carbocycles. The number of carbonyl (C=O) groups excluding carboxylic acids is 1. The maximum absolute atomic E-state index is 9.74. The summed E-state index contributed by atoms with van der Waals surface area (Å²) in [6.07, 6.45) is 14.7. The molecule has 1 aliphatic carbocycles. The molecule has 0 aromatic rings. The van der Waals surface area contributed by atoms with Crippen molar-refractivity contribution in [3.8, 4) is 0 Å². The minimum absolute atomic E-state index is 0. The molecule has 0 saturated heterocycles. The second kappa shape index (κ2) is 14.7. The zero-order valence-electron chi connectivity index (χ0n) is 11.3. The van der Waals surface area contributed by atoms with E-state index in [0.717, 1.165) is 38.4 Å². The summed E-state index contributed by atoms with van der Waals surface area (Å²) >= 11 is 0. The van der Waals surface area contributed by atoms with E-state index < -0.39 is 0 Å². The van der Waals surface area contributed by atoms with Crippen molar-refractivity contribution < 1.29 is 31.0 Å². The van der Waals surface area contributed by atoms with Crippen molar-refractivity contribution in [3.05, 3.63) is 31.2 Å². The first-order valence-electron chi connectivity index (χ1n) is 6.43. The molecule has 0 bridgehead atoms. The Morgan fingerprint density at radius 3 is 2.50 bits per heavy atom. The second-order valence-electron chi connectivity index (χ2n) is 4.32. The monoisotopic (exact) mass is 421 g/mol. The maximum Gasteiger partial charge on any atom is 0.120 e. The number of aliphatic hydroxyl groups is 1. The quantitative estimate of drug-likeness (QED) is 0.320. The number of allylic oxidation sites excluding steroid dienone is 4. The van der Waals surface area contributed by atoms with Crippen molar-refractivity contribution in [1.29, 1.82) is 0 Å². The van der Waals surface area contributed by atoms with Crippen LogP contribution >= 0.6 is 0 Å². The van der Waals surface area contributed by atoms with Crippen LogP contribution in [0.15, 0.2) is 24.3 Å². The van der Waals surface area contributed by atoms with E-state index in [1.165, 1.54) is 0 Å². The number of aldehydes is 1. The molecule has 104 valence electrons. The predicted octanol–water partition coefficient (Wildman–Crippen LogP) is 3.47. The molecule has 1 N–H and O–H groups in total. The van der Waals surface area contributed by atoms with Gasteiger partial charge in [-0.1, -0.05) is 24.5 Å². The summed E-state index contributed by atoms with van der Waals surface area (Å²) < 4.78 is 0. The number of rotatable bonds is 5. The molecule has 2 atom stereocenters. The standard InChI is InChI=1S/C8H13O.C7H12O.W/c1-2-3-7-4-5-8(9)6-7;1-2-3-4-5-6-7-8;/h2-3,7-9H,1,4-6H2;2-3,7H,4-6H2,1H3;/q-1;;/b3-2+;3-2-;/t7-,8-;;/m0../s1. The molecular formula is C15H25O2W-. The van der Waals surface area contributed by atoms with E-state index in [-0.39, 0.29) is 27.2 Å². The molecule has 0 heterocycles. The molecule has 0 spiro atoms. The normalized spacial score (nSPS) is 22.6. The Balaban J connectivity index is 0. The van der Waals surface area contributed by atoms with E-state index in [0.29, 0.717) is 12.3 Å². The first-order chi connectivity index (χ1) is 8.24. The van der Waals surface area contributed by atoms with Crippen LogP contribution in [0.2, 0.25) is 0 Å². The van der Waals surface area contributed by atoms with Gasteiger partial charge in [-0.3, -0.25) is 0 Å². The molecule has 1 fully saturated rings. The zero-order valence-corrected chi connectivity index (χ0v) is 14.2. The molecule has 0 aromatic heterocycles. The molecule has 2 nitrogen and oxygen atoms in total. The van der Waals surface area contributed by atoms with Gasteiger partial charge in [0, 0.05) is 27.5 Å². The fourth-order valence-electron chi connectivity index (χ4n) is 1.84. The van der Waals surface area contributed by atoms with Gasteiger partial charge >= 0.3 is 0 Å². The van der Waals surface area contributed by atoms with Crippen molar-refractivity contribution in [3.63, 3.8) is 0 Å². The molecule has 1 rings (SSSR count). The maximum atomic E-state index is 9.74. The molecule has 3 heteroatoms. The minimum atomic E-state index is -0.0498. The Labute approximate surface area is 126 Å². The van der Waals surface area contributed by atoms with Gasteiger partial charge in [-0.15, -0.1) is 0 Å². The Morgan fingerprint density at radius 2 is 2.06 bits per heavy atom. The average Bonchev–Trinajstić information content (AvgIpc) is 2.72. The Hall–Kier alpha value is -0.332. The Kier molecular flexibility index (Phi) is 16.4. The third kappa shape index (κ3) is 12.1. The third-order valence-corrected chi connectivity index (χ3v) is 2.78. The van der Waals surface area contributed by atoms with Gasteiger partial charge in [-0.05, 0) is 32.6 Å².